The lowest BCUT2D eigenvalue weighted by atomic mass is 9.96. The number of thiazole rings is 1. The molecule has 4 rings (SSSR count). The molecule has 8 heteroatoms. The summed E-state index contributed by atoms with van der Waals surface area (Å²) in [5.74, 6) is 0.315. The summed E-state index contributed by atoms with van der Waals surface area (Å²) in [6, 6.07) is 7.57. The maximum atomic E-state index is 12.1. The molecule has 0 unspecified atom stereocenters. The Bertz CT molecular complexity index is 882. The molecular weight excluding hydrogens is 358 g/mol. The Labute approximate surface area is 154 Å². The van der Waals surface area contributed by atoms with Crippen LogP contribution in [0.4, 0.5) is 10.7 Å². The van der Waals surface area contributed by atoms with Gasteiger partial charge in [0.05, 0.1) is 5.69 Å². The van der Waals surface area contributed by atoms with E-state index in [0.29, 0.717) is 11.0 Å². The van der Waals surface area contributed by atoms with Crippen LogP contribution >= 0.6 is 22.9 Å². The molecule has 2 amide bonds. The molecule has 1 fully saturated rings. The first-order chi connectivity index (χ1) is 12.2. The molecule has 2 aromatic heterocycles. The quantitative estimate of drug-likeness (QED) is 0.704. The standard InChI is InChI=1S/C17H18ClN5OS/c18-12-8-6-11(7-9-12)14-10-25-17-21-15(22-23(14)17)20-16(24)19-13-4-2-1-3-5-13/h6-10,13H,1-5H2,(H2,19,20,22,24). The smallest absolute Gasteiger partial charge is 0.321 e. The van der Waals surface area contributed by atoms with E-state index in [1.54, 1.807) is 4.52 Å². The summed E-state index contributed by atoms with van der Waals surface area (Å²) in [4.78, 5) is 17.3. The molecule has 130 valence electrons. The minimum absolute atomic E-state index is 0.238. The van der Waals surface area contributed by atoms with Gasteiger partial charge >= 0.3 is 6.03 Å². The molecule has 0 spiro atoms. The Kier molecular flexibility index (Phi) is 4.59. The second kappa shape index (κ2) is 7.01. The number of carbonyl (C=O) groups excluding carboxylic acids is 1. The van der Waals surface area contributed by atoms with Crippen molar-refractivity contribution in [3.63, 3.8) is 0 Å². The number of benzene rings is 1. The number of nitrogens with zero attached hydrogens (tertiary/aromatic N) is 3. The number of rotatable bonds is 3. The summed E-state index contributed by atoms with van der Waals surface area (Å²) < 4.78 is 1.74. The van der Waals surface area contributed by atoms with Crippen molar-refractivity contribution >= 4 is 39.9 Å². The van der Waals surface area contributed by atoms with E-state index >= 15 is 0 Å². The van der Waals surface area contributed by atoms with Gasteiger partial charge in [0, 0.05) is 22.0 Å². The van der Waals surface area contributed by atoms with Crippen molar-refractivity contribution in [2.24, 2.45) is 0 Å². The first-order valence-corrected chi connectivity index (χ1v) is 9.62. The van der Waals surface area contributed by atoms with Crippen molar-refractivity contribution in [3.8, 4) is 11.3 Å². The van der Waals surface area contributed by atoms with Gasteiger partial charge in [-0.15, -0.1) is 16.4 Å². The van der Waals surface area contributed by atoms with Crippen LogP contribution in [0.3, 0.4) is 0 Å². The van der Waals surface area contributed by atoms with Crippen molar-refractivity contribution < 1.29 is 4.79 Å². The van der Waals surface area contributed by atoms with Crippen LogP contribution in [0.2, 0.25) is 5.02 Å². The van der Waals surface area contributed by atoms with Crippen molar-refractivity contribution in [2.75, 3.05) is 5.32 Å². The number of hydrogen-bond acceptors (Lipinski definition) is 4. The highest BCUT2D eigenvalue weighted by Crippen LogP contribution is 2.27. The number of aromatic nitrogens is 3. The molecule has 1 saturated carbocycles. The Morgan fingerprint density at radius 2 is 1.96 bits per heavy atom. The highest BCUT2D eigenvalue weighted by atomic mass is 35.5. The van der Waals surface area contributed by atoms with Gasteiger partial charge in [-0.05, 0) is 25.0 Å². The summed E-state index contributed by atoms with van der Waals surface area (Å²) in [5, 5.41) is 12.8. The predicted octanol–water partition coefficient (Wildman–Crippen LogP) is 4.57. The first-order valence-electron chi connectivity index (χ1n) is 8.37. The van der Waals surface area contributed by atoms with E-state index in [1.807, 2.05) is 29.6 Å². The number of carbonyl (C=O) groups is 1. The second-order valence-corrected chi connectivity index (χ2v) is 7.46. The molecule has 0 saturated heterocycles. The molecule has 1 aromatic carbocycles. The van der Waals surface area contributed by atoms with E-state index in [9.17, 15) is 4.79 Å². The van der Waals surface area contributed by atoms with Crippen molar-refractivity contribution in [3.05, 3.63) is 34.7 Å². The highest BCUT2D eigenvalue weighted by Gasteiger charge is 2.17. The van der Waals surface area contributed by atoms with Gasteiger partial charge in [-0.1, -0.05) is 43.0 Å². The minimum atomic E-state index is -0.238. The largest absolute Gasteiger partial charge is 0.335 e. The molecule has 0 radical (unpaired) electrons. The topological polar surface area (TPSA) is 71.3 Å². The average molecular weight is 376 g/mol. The van der Waals surface area contributed by atoms with Crippen molar-refractivity contribution in [1.29, 1.82) is 0 Å². The van der Waals surface area contributed by atoms with Gasteiger partial charge < -0.3 is 5.32 Å². The molecule has 1 aliphatic carbocycles. The Morgan fingerprint density at radius 3 is 2.72 bits per heavy atom. The van der Waals surface area contributed by atoms with E-state index in [1.165, 1.54) is 30.6 Å². The zero-order chi connectivity index (χ0) is 17.2. The van der Waals surface area contributed by atoms with E-state index in [0.717, 1.165) is 29.1 Å². The van der Waals surface area contributed by atoms with Crippen LogP contribution in [0.1, 0.15) is 32.1 Å². The number of fused-ring (bicyclic) bond motifs is 1. The van der Waals surface area contributed by atoms with Gasteiger partial charge in [0.25, 0.3) is 5.95 Å². The van der Waals surface area contributed by atoms with Gasteiger partial charge in [0.15, 0.2) is 0 Å². The number of nitrogens with one attached hydrogen (secondary N) is 2. The third-order valence-corrected chi connectivity index (χ3v) is 5.46. The number of hydrogen-bond donors (Lipinski definition) is 2. The fourth-order valence-electron chi connectivity index (χ4n) is 3.12. The summed E-state index contributed by atoms with van der Waals surface area (Å²) in [6.45, 7) is 0. The fourth-order valence-corrected chi connectivity index (χ4v) is 4.08. The number of anilines is 1. The van der Waals surface area contributed by atoms with E-state index in [2.05, 4.69) is 20.7 Å². The van der Waals surface area contributed by atoms with Crippen molar-refractivity contribution in [1.82, 2.24) is 19.9 Å². The first kappa shape index (κ1) is 16.4. The fraction of sp³-hybridized carbons (Fsp3) is 0.353. The molecule has 0 bridgehead atoms. The van der Waals surface area contributed by atoms with Gasteiger partial charge in [0.1, 0.15) is 0 Å². The van der Waals surface area contributed by atoms with Crippen LogP contribution < -0.4 is 10.6 Å². The lowest BCUT2D eigenvalue weighted by Crippen LogP contribution is -2.39. The second-order valence-electron chi connectivity index (χ2n) is 6.19. The molecule has 2 heterocycles. The van der Waals surface area contributed by atoms with E-state index in [4.69, 9.17) is 11.6 Å². The van der Waals surface area contributed by atoms with Crippen LogP contribution in [0.5, 0.6) is 0 Å². The van der Waals surface area contributed by atoms with E-state index in [-0.39, 0.29) is 12.1 Å². The van der Waals surface area contributed by atoms with Crippen LogP contribution in [-0.2, 0) is 0 Å². The van der Waals surface area contributed by atoms with Gasteiger partial charge in [-0.2, -0.15) is 4.98 Å². The predicted molar refractivity (Wildman–Crippen MR) is 100 cm³/mol. The van der Waals surface area contributed by atoms with E-state index < -0.39 is 0 Å². The summed E-state index contributed by atoms with van der Waals surface area (Å²) in [7, 11) is 0. The number of urea groups is 1. The monoisotopic (exact) mass is 375 g/mol. The maximum absolute atomic E-state index is 12.1. The maximum Gasteiger partial charge on any atom is 0.321 e. The summed E-state index contributed by atoms with van der Waals surface area (Å²) in [6.07, 6.45) is 5.69. The Morgan fingerprint density at radius 1 is 1.20 bits per heavy atom. The molecule has 25 heavy (non-hydrogen) atoms. The van der Waals surface area contributed by atoms with Crippen molar-refractivity contribution in [2.45, 2.75) is 38.1 Å². The zero-order valence-electron chi connectivity index (χ0n) is 13.5. The summed E-state index contributed by atoms with van der Waals surface area (Å²) in [5.41, 5.74) is 1.92. The minimum Gasteiger partial charge on any atom is -0.335 e. The van der Waals surface area contributed by atoms with Crippen LogP contribution in [-0.4, -0.2) is 26.7 Å². The molecule has 6 nitrogen and oxygen atoms in total. The highest BCUT2D eigenvalue weighted by molar-refractivity contribution is 7.15. The molecule has 0 atom stereocenters. The molecule has 2 N–H and O–H groups in total. The normalized spacial score (nSPS) is 15.4. The third-order valence-electron chi connectivity index (χ3n) is 4.39. The number of halogens is 1. The molecule has 1 aliphatic rings. The van der Waals surface area contributed by atoms with Crippen LogP contribution in [0, 0.1) is 0 Å². The van der Waals surface area contributed by atoms with Crippen LogP contribution in [0.25, 0.3) is 16.2 Å². The summed E-state index contributed by atoms with van der Waals surface area (Å²) >= 11 is 7.43. The van der Waals surface area contributed by atoms with Gasteiger partial charge in [0.2, 0.25) is 4.96 Å². The zero-order valence-corrected chi connectivity index (χ0v) is 15.1. The van der Waals surface area contributed by atoms with Gasteiger partial charge in [-0.25, -0.2) is 9.31 Å². The van der Waals surface area contributed by atoms with Gasteiger partial charge in [-0.3, -0.25) is 5.32 Å². The molecular formula is C17H18ClN5OS. The third kappa shape index (κ3) is 3.62. The Balaban J connectivity index is 1.49. The SMILES string of the molecule is O=C(Nc1nc2scc(-c3ccc(Cl)cc3)n2n1)NC1CCCCC1. The number of amides is 2. The average Bonchev–Trinajstić information content (AvgIpc) is 3.16. The molecule has 3 aromatic rings. The molecule has 0 aliphatic heterocycles. The lowest BCUT2D eigenvalue weighted by Gasteiger charge is -2.22. The lowest BCUT2D eigenvalue weighted by molar-refractivity contribution is 0.244. The Hall–Kier alpha value is -2.12. The van der Waals surface area contributed by atoms with Crippen LogP contribution in [0.15, 0.2) is 29.6 Å².